The molecule has 6 heteroatoms. The van der Waals surface area contributed by atoms with E-state index in [9.17, 15) is 4.79 Å². The molecule has 2 aliphatic heterocycles. The number of likely N-dealkylation sites (tertiary alicyclic amines) is 1. The lowest BCUT2D eigenvalue weighted by molar-refractivity contribution is -0.134. The van der Waals surface area contributed by atoms with Crippen LogP contribution in [0.5, 0.6) is 0 Å². The number of hydrogen-bond acceptors (Lipinski definition) is 4. The van der Waals surface area contributed by atoms with Gasteiger partial charge in [0.15, 0.2) is 5.65 Å². The Morgan fingerprint density at radius 1 is 1.12 bits per heavy atom. The largest absolute Gasteiger partial charge is 0.356 e. The standard InChI is InChI=1S/C20H29N5O/c1-15-12-17(23-9-7-10-23)21-18-13-16(22-25(15)18)20(19(2,3)4)8-5-6-11-24(20)14-26/h12-14H,5-11H2,1-4H3/t20-/m1/s1. The van der Waals surface area contributed by atoms with Crippen LogP contribution in [-0.2, 0) is 10.3 Å². The molecule has 0 unspecified atom stereocenters. The van der Waals surface area contributed by atoms with Crippen LogP contribution in [0.4, 0.5) is 5.82 Å². The molecule has 0 aromatic carbocycles. The summed E-state index contributed by atoms with van der Waals surface area (Å²) >= 11 is 0. The quantitative estimate of drug-likeness (QED) is 0.794. The van der Waals surface area contributed by atoms with E-state index in [4.69, 9.17) is 10.1 Å². The predicted octanol–water partition coefficient (Wildman–Crippen LogP) is 3.13. The maximum atomic E-state index is 11.9. The number of aryl methyl sites for hydroxylation is 1. The normalized spacial score (nSPS) is 24.0. The smallest absolute Gasteiger partial charge is 0.210 e. The zero-order valence-corrected chi connectivity index (χ0v) is 16.3. The molecule has 0 N–H and O–H groups in total. The average molecular weight is 355 g/mol. The zero-order valence-electron chi connectivity index (χ0n) is 16.3. The molecule has 2 aromatic rings. The molecule has 4 heterocycles. The number of aromatic nitrogens is 3. The van der Waals surface area contributed by atoms with Crippen molar-refractivity contribution in [2.24, 2.45) is 5.41 Å². The highest BCUT2D eigenvalue weighted by atomic mass is 16.1. The number of carbonyl (C=O) groups is 1. The van der Waals surface area contributed by atoms with Gasteiger partial charge in [-0.15, -0.1) is 0 Å². The van der Waals surface area contributed by atoms with Gasteiger partial charge in [0, 0.05) is 37.5 Å². The zero-order chi connectivity index (χ0) is 18.5. The first-order valence-electron chi connectivity index (χ1n) is 9.72. The van der Waals surface area contributed by atoms with Crippen LogP contribution in [0.15, 0.2) is 12.1 Å². The number of anilines is 1. The Morgan fingerprint density at radius 3 is 2.50 bits per heavy atom. The molecule has 6 nitrogen and oxygen atoms in total. The van der Waals surface area contributed by atoms with Crippen molar-refractivity contribution in [2.45, 2.75) is 58.9 Å². The summed E-state index contributed by atoms with van der Waals surface area (Å²) in [6.07, 6.45) is 5.36. The van der Waals surface area contributed by atoms with Crippen LogP contribution >= 0.6 is 0 Å². The van der Waals surface area contributed by atoms with Gasteiger partial charge >= 0.3 is 0 Å². The first-order valence-corrected chi connectivity index (χ1v) is 9.72. The number of hydrogen-bond donors (Lipinski definition) is 0. The van der Waals surface area contributed by atoms with Crippen LogP contribution in [0.1, 0.15) is 57.8 Å². The second-order valence-electron chi connectivity index (χ2n) is 8.76. The maximum Gasteiger partial charge on any atom is 0.210 e. The molecular weight excluding hydrogens is 326 g/mol. The minimum absolute atomic E-state index is 0.111. The lowest BCUT2D eigenvalue weighted by Crippen LogP contribution is -2.56. The van der Waals surface area contributed by atoms with Crippen LogP contribution in [-0.4, -0.2) is 45.5 Å². The van der Waals surface area contributed by atoms with Gasteiger partial charge in [0.1, 0.15) is 5.82 Å². The van der Waals surface area contributed by atoms with Crippen molar-refractivity contribution >= 4 is 17.9 Å². The third-order valence-electron chi connectivity index (χ3n) is 6.24. The van der Waals surface area contributed by atoms with E-state index in [0.717, 1.165) is 68.2 Å². The van der Waals surface area contributed by atoms with Crippen molar-refractivity contribution in [3.63, 3.8) is 0 Å². The third kappa shape index (κ3) is 2.42. The molecule has 140 valence electrons. The average Bonchev–Trinajstić information content (AvgIpc) is 2.97. The van der Waals surface area contributed by atoms with Crippen molar-refractivity contribution < 1.29 is 4.79 Å². The van der Waals surface area contributed by atoms with E-state index in [1.165, 1.54) is 6.42 Å². The molecular formula is C20H29N5O. The maximum absolute atomic E-state index is 11.9. The molecule has 1 atom stereocenters. The Balaban J connectivity index is 1.87. The number of nitrogens with zero attached hydrogens (tertiary/aromatic N) is 5. The molecule has 4 rings (SSSR count). The second-order valence-corrected chi connectivity index (χ2v) is 8.76. The summed E-state index contributed by atoms with van der Waals surface area (Å²) in [5, 5.41) is 4.95. The fourth-order valence-electron chi connectivity index (χ4n) is 4.62. The predicted molar refractivity (Wildman–Crippen MR) is 102 cm³/mol. The summed E-state index contributed by atoms with van der Waals surface area (Å²) in [6, 6.07) is 4.22. The number of amides is 1. The number of fused-ring (bicyclic) bond motifs is 1. The monoisotopic (exact) mass is 355 g/mol. The van der Waals surface area contributed by atoms with Gasteiger partial charge in [-0.3, -0.25) is 4.79 Å². The van der Waals surface area contributed by atoms with Crippen molar-refractivity contribution in [3.05, 3.63) is 23.5 Å². The molecule has 0 radical (unpaired) electrons. The fraction of sp³-hybridized carbons (Fsp3) is 0.650. The molecule has 2 fully saturated rings. The Hall–Kier alpha value is -2.11. The van der Waals surface area contributed by atoms with Crippen LogP contribution in [0.25, 0.3) is 5.65 Å². The highest BCUT2D eigenvalue weighted by Crippen LogP contribution is 2.49. The molecule has 0 aliphatic carbocycles. The Kier molecular flexibility index (Phi) is 3.97. The van der Waals surface area contributed by atoms with E-state index < -0.39 is 0 Å². The van der Waals surface area contributed by atoms with E-state index >= 15 is 0 Å². The SMILES string of the molecule is Cc1cc(N2CCC2)nc2cc([C@@]3(C(C)(C)C)CCCCN3C=O)nn12. The van der Waals surface area contributed by atoms with Crippen LogP contribution in [0.3, 0.4) is 0 Å². The molecule has 2 saturated heterocycles. The third-order valence-corrected chi connectivity index (χ3v) is 6.24. The topological polar surface area (TPSA) is 53.7 Å². The van der Waals surface area contributed by atoms with Crippen molar-refractivity contribution in [1.29, 1.82) is 0 Å². The summed E-state index contributed by atoms with van der Waals surface area (Å²) in [4.78, 5) is 21.1. The number of piperidine rings is 1. The first kappa shape index (κ1) is 17.3. The molecule has 2 aliphatic rings. The van der Waals surface area contributed by atoms with Gasteiger partial charge in [-0.1, -0.05) is 20.8 Å². The van der Waals surface area contributed by atoms with Gasteiger partial charge in [-0.2, -0.15) is 5.10 Å². The van der Waals surface area contributed by atoms with Crippen molar-refractivity contribution in [2.75, 3.05) is 24.5 Å². The van der Waals surface area contributed by atoms with Gasteiger partial charge in [0.25, 0.3) is 0 Å². The van der Waals surface area contributed by atoms with Crippen molar-refractivity contribution in [3.8, 4) is 0 Å². The second kappa shape index (κ2) is 5.96. The molecule has 2 aromatic heterocycles. The highest BCUT2D eigenvalue weighted by Gasteiger charge is 2.50. The summed E-state index contributed by atoms with van der Waals surface area (Å²) in [5.74, 6) is 1.04. The summed E-state index contributed by atoms with van der Waals surface area (Å²) < 4.78 is 1.93. The van der Waals surface area contributed by atoms with E-state index in [2.05, 4.69) is 44.7 Å². The first-order chi connectivity index (χ1) is 12.4. The summed E-state index contributed by atoms with van der Waals surface area (Å²) in [7, 11) is 0. The van der Waals surface area contributed by atoms with Gasteiger partial charge < -0.3 is 9.80 Å². The minimum atomic E-state index is -0.385. The minimum Gasteiger partial charge on any atom is -0.356 e. The van der Waals surface area contributed by atoms with Gasteiger partial charge in [-0.05, 0) is 38.0 Å². The Morgan fingerprint density at radius 2 is 1.88 bits per heavy atom. The Labute approximate surface area is 155 Å². The number of rotatable bonds is 3. The van der Waals surface area contributed by atoms with Gasteiger partial charge in [0.2, 0.25) is 6.41 Å². The summed E-state index contributed by atoms with van der Waals surface area (Å²) in [5.41, 5.74) is 2.43. The van der Waals surface area contributed by atoms with Crippen LogP contribution < -0.4 is 4.90 Å². The van der Waals surface area contributed by atoms with E-state index in [1.807, 2.05) is 9.42 Å². The van der Waals surface area contributed by atoms with Crippen LogP contribution in [0, 0.1) is 12.3 Å². The van der Waals surface area contributed by atoms with E-state index in [-0.39, 0.29) is 11.0 Å². The Bertz CT molecular complexity index is 833. The molecule has 0 saturated carbocycles. The molecule has 0 spiro atoms. The van der Waals surface area contributed by atoms with Gasteiger partial charge in [-0.25, -0.2) is 9.50 Å². The van der Waals surface area contributed by atoms with E-state index in [0.29, 0.717) is 0 Å². The lowest BCUT2D eigenvalue weighted by Gasteiger charge is -2.52. The fourth-order valence-corrected chi connectivity index (χ4v) is 4.62. The number of carbonyl (C=O) groups excluding carboxylic acids is 1. The lowest BCUT2D eigenvalue weighted by atomic mass is 9.66. The van der Waals surface area contributed by atoms with Gasteiger partial charge in [0.05, 0.1) is 11.2 Å². The highest BCUT2D eigenvalue weighted by molar-refractivity contribution is 5.55. The molecule has 26 heavy (non-hydrogen) atoms. The van der Waals surface area contributed by atoms with Crippen LogP contribution in [0.2, 0.25) is 0 Å². The molecule has 1 amide bonds. The van der Waals surface area contributed by atoms with E-state index in [1.54, 1.807) is 0 Å². The summed E-state index contributed by atoms with van der Waals surface area (Å²) in [6.45, 7) is 11.7. The molecule has 0 bridgehead atoms. The van der Waals surface area contributed by atoms with Crippen molar-refractivity contribution in [1.82, 2.24) is 19.5 Å².